The molecule has 1 amide bonds. The molecule has 19 heavy (non-hydrogen) atoms. The van der Waals surface area contributed by atoms with Gasteiger partial charge in [-0.1, -0.05) is 0 Å². The highest BCUT2D eigenvalue weighted by Crippen LogP contribution is 2.21. The highest BCUT2D eigenvalue weighted by atomic mass is 16.5. The van der Waals surface area contributed by atoms with Gasteiger partial charge in [0.25, 0.3) is 0 Å². The average Bonchev–Trinajstić information content (AvgIpc) is 2.69. The molecule has 0 atom stereocenters. The fourth-order valence-corrected chi connectivity index (χ4v) is 2.35. The summed E-state index contributed by atoms with van der Waals surface area (Å²) in [6.45, 7) is 9.22. The Balaban J connectivity index is 2.07. The second-order valence-corrected chi connectivity index (χ2v) is 5.48. The molecule has 3 N–H and O–H groups in total. The minimum atomic E-state index is -0.406. The van der Waals surface area contributed by atoms with Crippen LogP contribution in [0.25, 0.3) is 0 Å². The van der Waals surface area contributed by atoms with E-state index < -0.39 is 5.91 Å². The van der Waals surface area contributed by atoms with Gasteiger partial charge in [0.05, 0.1) is 12.2 Å². The lowest BCUT2D eigenvalue weighted by Gasteiger charge is -2.38. The molecule has 0 saturated carbocycles. The molecule has 0 spiro atoms. The van der Waals surface area contributed by atoms with Crippen molar-refractivity contribution in [2.45, 2.75) is 32.9 Å². The monoisotopic (exact) mass is 267 g/mol. The van der Waals surface area contributed by atoms with Crippen molar-refractivity contribution in [1.82, 2.24) is 10.3 Å². The van der Waals surface area contributed by atoms with Crippen molar-refractivity contribution in [3.8, 4) is 0 Å². The molecule has 0 bridgehead atoms. The number of hydrogen-bond donors (Lipinski definition) is 2. The summed E-state index contributed by atoms with van der Waals surface area (Å²) >= 11 is 0. The second kappa shape index (κ2) is 5.32. The Labute approximate surface area is 112 Å². The number of hydrazine groups is 1. The van der Waals surface area contributed by atoms with Gasteiger partial charge in [-0.05, 0) is 26.8 Å². The lowest BCUT2D eigenvalue weighted by molar-refractivity contribution is -0.0883. The van der Waals surface area contributed by atoms with Gasteiger partial charge in [-0.15, -0.1) is 0 Å². The van der Waals surface area contributed by atoms with E-state index in [4.69, 9.17) is 15.0 Å². The van der Waals surface area contributed by atoms with Crippen LogP contribution in [-0.2, 0) is 11.3 Å². The lowest BCUT2D eigenvalue weighted by atomic mass is 10.1. The van der Waals surface area contributed by atoms with E-state index in [1.165, 1.54) is 0 Å². The molecule has 1 aliphatic rings. The maximum Gasteiger partial charge on any atom is 0.300 e. The highest BCUT2D eigenvalue weighted by Gasteiger charge is 2.28. The summed E-state index contributed by atoms with van der Waals surface area (Å²) < 4.78 is 11.1. The van der Waals surface area contributed by atoms with E-state index >= 15 is 0 Å². The zero-order chi connectivity index (χ0) is 14.0. The van der Waals surface area contributed by atoms with Crippen LogP contribution in [0.15, 0.2) is 10.5 Å². The normalized spacial score (nSPS) is 19.4. The largest absolute Gasteiger partial charge is 0.456 e. The van der Waals surface area contributed by atoms with E-state index in [-0.39, 0.29) is 11.4 Å². The number of amides is 1. The lowest BCUT2D eigenvalue weighted by Crippen LogP contribution is -2.47. The van der Waals surface area contributed by atoms with Crippen LogP contribution >= 0.6 is 0 Å². The first-order valence-electron chi connectivity index (χ1n) is 6.38. The summed E-state index contributed by atoms with van der Waals surface area (Å²) in [4.78, 5) is 13.7. The third-order valence-corrected chi connectivity index (χ3v) is 3.27. The maximum atomic E-state index is 11.4. The zero-order valence-electron chi connectivity index (χ0n) is 11.7. The van der Waals surface area contributed by atoms with Crippen LogP contribution in [0.4, 0.5) is 0 Å². The number of nitrogen functional groups attached to an aromatic ring is 1. The van der Waals surface area contributed by atoms with Crippen molar-refractivity contribution in [1.29, 1.82) is 0 Å². The molecule has 106 valence electrons. The average molecular weight is 267 g/mol. The highest BCUT2D eigenvalue weighted by molar-refractivity contribution is 5.91. The Morgan fingerprint density at radius 3 is 2.95 bits per heavy atom. The molecule has 6 heteroatoms. The SMILES string of the molecule is Cc1oc(C(=O)NN)cc1CN1CCOC(C)(C)C1. The van der Waals surface area contributed by atoms with Crippen molar-refractivity contribution in [2.24, 2.45) is 5.84 Å². The number of hydrogen-bond acceptors (Lipinski definition) is 5. The smallest absolute Gasteiger partial charge is 0.300 e. The van der Waals surface area contributed by atoms with Crippen molar-refractivity contribution in [2.75, 3.05) is 19.7 Å². The molecule has 6 nitrogen and oxygen atoms in total. The van der Waals surface area contributed by atoms with E-state index in [0.717, 1.165) is 37.6 Å². The van der Waals surface area contributed by atoms with E-state index in [2.05, 4.69) is 24.2 Å². The van der Waals surface area contributed by atoms with Crippen LogP contribution < -0.4 is 11.3 Å². The third-order valence-electron chi connectivity index (χ3n) is 3.27. The number of morpholine rings is 1. The van der Waals surface area contributed by atoms with Crippen LogP contribution in [0.5, 0.6) is 0 Å². The van der Waals surface area contributed by atoms with Gasteiger partial charge in [-0.2, -0.15) is 0 Å². The first-order valence-corrected chi connectivity index (χ1v) is 6.38. The first-order chi connectivity index (χ1) is 8.91. The van der Waals surface area contributed by atoms with Crippen LogP contribution in [0.1, 0.15) is 35.7 Å². The first kappa shape index (κ1) is 14.0. The maximum absolute atomic E-state index is 11.4. The van der Waals surface area contributed by atoms with Crippen molar-refractivity contribution < 1.29 is 13.9 Å². The topological polar surface area (TPSA) is 80.7 Å². The van der Waals surface area contributed by atoms with Gasteiger partial charge in [0, 0.05) is 25.2 Å². The molecule has 0 aliphatic carbocycles. The molecule has 2 heterocycles. The van der Waals surface area contributed by atoms with E-state index in [1.54, 1.807) is 6.07 Å². The van der Waals surface area contributed by atoms with Gasteiger partial charge < -0.3 is 9.15 Å². The van der Waals surface area contributed by atoms with Crippen LogP contribution in [-0.4, -0.2) is 36.1 Å². The Kier molecular flexibility index (Phi) is 3.93. The van der Waals surface area contributed by atoms with Gasteiger partial charge in [0.2, 0.25) is 0 Å². The standard InChI is InChI=1S/C13H21N3O3/c1-9-10(6-11(19-9)12(17)15-14)7-16-4-5-18-13(2,3)8-16/h6H,4-5,7-8,14H2,1-3H3,(H,15,17). The van der Waals surface area contributed by atoms with E-state index in [9.17, 15) is 4.79 Å². The predicted molar refractivity (Wildman–Crippen MR) is 70.4 cm³/mol. The molecule has 1 saturated heterocycles. The Hall–Kier alpha value is -1.37. The second-order valence-electron chi connectivity index (χ2n) is 5.48. The molecular formula is C13H21N3O3. The quantitative estimate of drug-likeness (QED) is 0.481. The number of nitrogens with one attached hydrogen (secondary N) is 1. The van der Waals surface area contributed by atoms with Gasteiger partial charge in [0.1, 0.15) is 5.76 Å². The van der Waals surface area contributed by atoms with E-state index in [0.29, 0.717) is 0 Å². The summed E-state index contributed by atoms with van der Waals surface area (Å²) in [5.41, 5.74) is 2.95. The number of carbonyl (C=O) groups excluding carboxylic acids is 1. The summed E-state index contributed by atoms with van der Waals surface area (Å²) in [6.07, 6.45) is 0. The zero-order valence-corrected chi connectivity index (χ0v) is 11.7. The fourth-order valence-electron chi connectivity index (χ4n) is 2.35. The van der Waals surface area contributed by atoms with Crippen molar-refractivity contribution >= 4 is 5.91 Å². The van der Waals surface area contributed by atoms with Crippen molar-refractivity contribution in [3.05, 3.63) is 23.2 Å². The molecule has 0 radical (unpaired) electrons. The Bertz CT molecular complexity index is 468. The Morgan fingerprint density at radius 2 is 2.32 bits per heavy atom. The minimum absolute atomic E-state index is 0.132. The predicted octanol–water partition coefficient (Wildman–Crippen LogP) is 0.802. The molecular weight excluding hydrogens is 246 g/mol. The molecule has 1 fully saturated rings. The van der Waals surface area contributed by atoms with Crippen LogP contribution in [0, 0.1) is 6.92 Å². The summed E-state index contributed by atoms with van der Waals surface area (Å²) in [5.74, 6) is 5.70. The van der Waals surface area contributed by atoms with Gasteiger partial charge in [-0.3, -0.25) is 15.1 Å². The molecule has 0 unspecified atom stereocenters. The molecule has 1 aromatic rings. The third kappa shape index (κ3) is 3.34. The van der Waals surface area contributed by atoms with Crippen LogP contribution in [0.3, 0.4) is 0 Å². The summed E-state index contributed by atoms with van der Waals surface area (Å²) in [5, 5.41) is 0. The number of rotatable bonds is 3. The number of nitrogens with two attached hydrogens (primary N) is 1. The van der Waals surface area contributed by atoms with Crippen LogP contribution in [0.2, 0.25) is 0 Å². The summed E-state index contributed by atoms with van der Waals surface area (Å²) in [6, 6.07) is 1.75. The Morgan fingerprint density at radius 1 is 1.58 bits per heavy atom. The number of carbonyl (C=O) groups is 1. The summed E-state index contributed by atoms with van der Waals surface area (Å²) in [7, 11) is 0. The van der Waals surface area contributed by atoms with Gasteiger partial charge in [-0.25, -0.2) is 5.84 Å². The van der Waals surface area contributed by atoms with Crippen molar-refractivity contribution in [3.63, 3.8) is 0 Å². The molecule has 1 aromatic heterocycles. The number of nitrogens with zero attached hydrogens (tertiary/aromatic N) is 1. The number of aryl methyl sites for hydroxylation is 1. The fraction of sp³-hybridized carbons (Fsp3) is 0.615. The van der Waals surface area contributed by atoms with E-state index in [1.807, 2.05) is 6.92 Å². The minimum Gasteiger partial charge on any atom is -0.456 e. The molecule has 1 aliphatic heterocycles. The number of furan rings is 1. The molecule has 2 rings (SSSR count). The van der Waals surface area contributed by atoms with Gasteiger partial charge >= 0.3 is 5.91 Å². The van der Waals surface area contributed by atoms with Gasteiger partial charge in [0.15, 0.2) is 5.76 Å². The molecule has 0 aromatic carbocycles. The number of ether oxygens (including phenoxy) is 1.